The first-order chi connectivity index (χ1) is 8.26. The smallest absolute Gasteiger partial charge is 0.0812 e. The molecule has 1 fully saturated rings. The standard InChI is InChI=1S/C16H33NO/c1-7-14(3)18-16(12-17-15(4,5)6)10-8-9-13(2)11-16/h13-14,17H,7-12H2,1-6H3. The van der Waals surface area contributed by atoms with Gasteiger partial charge < -0.3 is 10.1 Å². The van der Waals surface area contributed by atoms with Gasteiger partial charge in [-0.15, -0.1) is 0 Å². The minimum atomic E-state index is 0.0698. The van der Waals surface area contributed by atoms with Crippen molar-refractivity contribution >= 4 is 0 Å². The largest absolute Gasteiger partial charge is 0.371 e. The molecule has 1 N–H and O–H groups in total. The molecule has 2 heteroatoms. The van der Waals surface area contributed by atoms with E-state index in [0.717, 1.165) is 18.9 Å². The number of hydrogen-bond acceptors (Lipinski definition) is 2. The lowest BCUT2D eigenvalue weighted by Gasteiger charge is -2.43. The van der Waals surface area contributed by atoms with Crippen LogP contribution in [0, 0.1) is 5.92 Å². The highest BCUT2D eigenvalue weighted by molar-refractivity contribution is 4.91. The summed E-state index contributed by atoms with van der Waals surface area (Å²) in [6, 6.07) is 0. The second kappa shape index (κ2) is 6.38. The van der Waals surface area contributed by atoms with Gasteiger partial charge in [0, 0.05) is 12.1 Å². The molecular formula is C16H33NO. The Morgan fingerprint density at radius 1 is 1.39 bits per heavy atom. The molecule has 0 aromatic carbocycles. The highest BCUT2D eigenvalue weighted by Gasteiger charge is 2.37. The molecule has 18 heavy (non-hydrogen) atoms. The summed E-state index contributed by atoms with van der Waals surface area (Å²) in [5.41, 5.74) is 0.243. The molecule has 1 aliphatic carbocycles. The summed E-state index contributed by atoms with van der Waals surface area (Å²) in [5.74, 6) is 0.796. The molecule has 0 aromatic rings. The van der Waals surface area contributed by atoms with Gasteiger partial charge in [-0.3, -0.25) is 0 Å². The second-order valence-corrected chi connectivity index (χ2v) is 7.32. The third-order valence-electron chi connectivity index (χ3n) is 4.02. The van der Waals surface area contributed by atoms with Gasteiger partial charge in [-0.25, -0.2) is 0 Å². The van der Waals surface area contributed by atoms with Crippen molar-refractivity contribution in [3.63, 3.8) is 0 Å². The van der Waals surface area contributed by atoms with E-state index in [1.54, 1.807) is 0 Å². The fourth-order valence-electron chi connectivity index (χ4n) is 2.86. The third-order valence-corrected chi connectivity index (χ3v) is 4.02. The van der Waals surface area contributed by atoms with Crippen LogP contribution in [0.5, 0.6) is 0 Å². The molecule has 3 unspecified atom stereocenters. The Bertz CT molecular complexity index is 246. The summed E-state index contributed by atoms with van der Waals surface area (Å²) in [5, 5.41) is 3.66. The van der Waals surface area contributed by atoms with Crippen LogP contribution < -0.4 is 5.32 Å². The van der Waals surface area contributed by atoms with Crippen LogP contribution in [0.15, 0.2) is 0 Å². The number of nitrogens with one attached hydrogen (secondary N) is 1. The fourth-order valence-corrected chi connectivity index (χ4v) is 2.86. The number of rotatable bonds is 5. The van der Waals surface area contributed by atoms with Gasteiger partial charge in [0.25, 0.3) is 0 Å². The van der Waals surface area contributed by atoms with Crippen molar-refractivity contribution in [2.75, 3.05) is 6.54 Å². The Hall–Kier alpha value is -0.0800. The lowest BCUT2D eigenvalue weighted by molar-refractivity contribution is -0.117. The maximum Gasteiger partial charge on any atom is 0.0812 e. The molecule has 0 aromatic heterocycles. The maximum atomic E-state index is 6.43. The molecule has 0 aliphatic heterocycles. The van der Waals surface area contributed by atoms with Crippen LogP contribution in [0.25, 0.3) is 0 Å². The lowest BCUT2D eigenvalue weighted by Crippen LogP contribution is -2.52. The molecule has 0 amide bonds. The van der Waals surface area contributed by atoms with Crippen LogP contribution in [0.4, 0.5) is 0 Å². The van der Waals surface area contributed by atoms with E-state index >= 15 is 0 Å². The van der Waals surface area contributed by atoms with Crippen LogP contribution in [-0.2, 0) is 4.74 Å². The van der Waals surface area contributed by atoms with E-state index in [0.29, 0.717) is 6.10 Å². The molecule has 0 bridgehead atoms. The van der Waals surface area contributed by atoms with Gasteiger partial charge in [-0.2, -0.15) is 0 Å². The van der Waals surface area contributed by atoms with Crippen molar-refractivity contribution in [2.24, 2.45) is 5.92 Å². The van der Waals surface area contributed by atoms with Gasteiger partial charge in [0.1, 0.15) is 0 Å². The average Bonchev–Trinajstić information content (AvgIpc) is 2.25. The van der Waals surface area contributed by atoms with E-state index in [1.807, 2.05) is 0 Å². The van der Waals surface area contributed by atoms with Crippen molar-refractivity contribution in [1.29, 1.82) is 0 Å². The van der Waals surface area contributed by atoms with Crippen molar-refractivity contribution in [1.82, 2.24) is 5.32 Å². The second-order valence-electron chi connectivity index (χ2n) is 7.32. The average molecular weight is 255 g/mol. The van der Waals surface area contributed by atoms with Crippen molar-refractivity contribution in [2.45, 2.75) is 90.9 Å². The van der Waals surface area contributed by atoms with Crippen LogP contribution >= 0.6 is 0 Å². The van der Waals surface area contributed by atoms with E-state index in [1.165, 1.54) is 25.7 Å². The first-order valence-corrected chi connectivity index (χ1v) is 7.69. The molecular weight excluding hydrogens is 222 g/mol. The summed E-state index contributed by atoms with van der Waals surface area (Å²) in [6.07, 6.45) is 6.57. The Kier molecular flexibility index (Phi) is 5.67. The normalized spacial score (nSPS) is 31.3. The molecule has 1 aliphatic rings. The van der Waals surface area contributed by atoms with Crippen molar-refractivity contribution < 1.29 is 4.74 Å². The molecule has 1 saturated carbocycles. The van der Waals surface area contributed by atoms with Gasteiger partial charge in [0.2, 0.25) is 0 Å². The van der Waals surface area contributed by atoms with Crippen molar-refractivity contribution in [3.05, 3.63) is 0 Å². The first kappa shape index (κ1) is 16.0. The Morgan fingerprint density at radius 3 is 2.56 bits per heavy atom. The predicted molar refractivity (Wildman–Crippen MR) is 79.0 cm³/mol. The summed E-state index contributed by atoms with van der Waals surface area (Å²) in [6.45, 7) is 14.5. The SMILES string of the molecule is CCC(C)OC1(CNC(C)(C)C)CCCC(C)C1. The first-order valence-electron chi connectivity index (χ1n) is 7.69. The van der Waals surface area contributed by atoms with Gasteiger partial charge in [0.05, 0.1) is 11.7 Å². The molecule has 0 spiro atoms. The van der Waals surface area contributed by atoms with Crippen LogP contribution in [0.3, 0.4) is 0 Å². The zero-order valence-corrected chi connectivity index (χ0v) is 13.3. The van der Waals surface area contributed by atoms with Gasteiger partial charge in [0.15, 0.2) is 0 Å². The third kappa shape index (κ3) is 5.27. The Morgan fingerprint density at radius 2 is 2.06 bits per heavy atom. The van der Waals surface area contributed by atoms with Crippen LogP contribution in [0.1, 0.15) is 73.6 Å². The van der Waals surface area contributed by atoms with Gasteiger partial charge >= 0.3 is 0 Å². The lowest BCUT2D eigenvalue weighted by atomic mass is 9.78. The zero-order valence-electron chi connectivity index (χ0n) is 13.3. The molecule has 0 heterocycles. The summed E-state index contributed by atoms with van der Waals surface area (Å²) in [4.78, 5) is 0. The minimum Gasteiger partial charge on any atom is -0.371 e. The van der Waals surface area contributed by atoms with E-state index in [9.17, 15) is 0 Å². The van der Waals surface area contributed by atoms with E-state index in [-0.39, 0.29) is 11.1 Å². The number of ether oxygens (including phenoxy) is 1. The maximum absolute atomic E-state index is 6.43. The Labute approximate surface area is 114 Å². The quantitative estimate of drug-likeness (QED) is 0.797. The van der Waals surface area contributed by atoms with Crippen LogP contribution in [0.2, 0.25) is 0 Å². The zero-order chi connectivity index (χ0) is 13.8. The molecule has 108 valence electrons. The molecule has 2 nitrogen and oxygen atoms in total. The monoisotopic (exact) mass is 255 g/mol. The van der Waals surface area contributed by atoms with E-state index in [2.05, 4.69) is 46.9 Å². The topological polar surface area (TPSA) is 21.3 Å². The molecule has 0 saturated heterocycles. The van der Waals surface area contributed by atoms with Gasteiger partial charge in [-0.1, -0.05) is 26.7 Å². The summed E-state index contributed by atoms with van der Waals surface area (Å²) >= 11 is 0. The van der Waals surface area contributed by atoms with Crippen LogP contribution in [-0.4, -0.2) is 23.8 Å². The molecule has 0 radical (unpaired) electrons. The van der Waals surface area contributed by atoms with Crippen molar-refractivity contribution in [3.8, 4) is 0 Å². The van der Waals surface area contributed by atoms with E-state index in [4.69, 9.17) is 4.74 Å². The van der Waals surface area contributed by atoms with Gasteiger partial charge in [-0.05, 0) is 52.9 Å². The Balaban J connectivity index is 2.67. The highest BCUT2D eigenvalue weighted by Crippen LogP contribution is 2.36. The summed E-state index contributed by atoms with van der Waals surface area (Å²) in [7, 11) is 0. The predicted octanol–water partition coefficient (Wildman–Crippen LogP) is 4.14. The highest BCUT2D eigenvalue weighted by atomic mass is 16.5. The molecule has 1 rings (SSSR count). The molecule has 3 atom stereocenters. The summed E-state index contributed by atoms with van der Waals surface area (Å²) < 4.78 is 6.43. The minimum absolute atomic E-state index is 0.0698. The van der Waals surface area contributed by atoms with E-state index < -0.39 is 0 Å². The fraction of sp³-hybridized carbons (Fsp3) is 1.00. The number of hydrogen-bond donors (Lipinski definition) is 1.